The second-order valence-corrected chi connectivity index (χ2v) is 5.56. The predicted molar refractivity (Wildman–Crippen MR) is 71.5 cm³/mol. The summed E-state index contributed by atoms with van der Waals surface area (Å²) < 4.78 is 0. The van der Waals surface area contributed by atoms with Crippen molar-refractivity contribution in [2.75, 3.05) is 7.05 Å². The number of amides is 1. The number of hydrogen-bond acceptors (Lipinski definition) is 2. The molecular weight excluding hydrogens is 224 g/mol. The highest BCUT2D eigenvalue weighted by molar-refractivity contribution is 5.94. The third kappa shape index (κ3) is 2.15. The first-order valence-corrected chi connectivity index (χ1v) is 6.82. The first kappa shape index (κ1) is 11.7. The molecule has 2 bridgehead atoms. The molecule has 0 aliphatic carbocycles. The van der Waals surface area contributed by atoms with Crippen molar-refractivity contribution >= 4 is 5.91 Å². The smallest absolute Gasteiger partial charge is 0.251 e. The van der Waals surface area contributed by atoms with Gasteiger partial charge in [0.05, 0.1) is 0 Å². The third-order valence-electron chi connectivity index (χ3n) is 4.47. The number of rotatable bonds is 2. The molecule has 1 amide bonds. The summed E-state index contributed by atoms with van der Waals surface area (Å²) in [7, 11) is 2.22. The minimum Gasteiger partial charge on any atom is -0.349 e. The number of benzene rings is 1. The SMILES string of the molecule is CN1[C@@H]2CC[C@@H]1CC(NC(=O)c1ccccc1)C2. The fourth-order valence-electron chi connectivity index (χ4n) is 3.39. The highest BCUT2D eigenvalue weighted by Gasteiger charge is 2.38. The molecule has 0 unspecified atom stereocenters. The lowest BCUT2D eigenvalue weighted by Gasteiger charge is -2.36. The second kappa shape index (κ2) is 4.73. The van der Waals surface area contributed by atoms with Gasteiger partial charge >= 0.3 is 0 Å². The average molecular weight is 244 g/mol. The molecule has 18 heavy (non-hydrogen) atoms. The van der Waals surface area contributed by atoms with Crippen LogP contribution in [0.1, 0.15) is 36.0 Å². The molecule has 2 atom stereocenters. The molecule has 2 aliphatic rings. The maximum absolute atomic E-state index is 12.1. The molecule has 2 heterocycles. The quantitative estimate of drug-likeness (QED) is 0.863. The van der Waals surface area contributed by atoms with E-state index in [-0.39, 0.29) is 5.91 Å². The lowest BCUT2D eigenvalue weighted by atomic mass is 9.97. The van der Waals surface area contributed by atoms with Gasteiger partial charge in [0.2, 0.25) is 0 Å². The normalized spacial score (nSPS) is 31.3. The van der Waals surface area contributed by atoms with Gasteiger partial charge < -0.3 is 10.2 Å². The first-order valence-electron chi connectivity index (χ1n) is 6.82. The van der Waals surface area contributed by atoms with Gasteiger partial charge in [-0.05, 0) is 44.9 Å². The van der Waals surface area contributed by atoms with E-state index in [1.54, 1.807) is 0 Å². The summed E-state index contributed by atoms with van der Waals surface area (Å²) in [5, 5.41) is 3.19. The molecule has 0 saturated carbocycles. The minimum atomic E-state index is 0.0737. The topological polar surface area (TPSA) is 32.3 Å². The molecule has 0 aromatic heterocycles. The van der Waals surface area contributed by atoms with Crippen LogP contribution in [-0.2, 0) is 0 Å². The number of piperidine rings is 1. The molecular formula is C15H20N2O. The van der Waals surface area contributed by atoms with E-state index in [2.05, 4.69) is 17.3 Å². The number of nitrogens with one attached hydrogen (secondary N) is 1. The molecule has 2 fully saturated rings. The molecule has 3 rings (SSSR count). The molecule has 3 nitrogen and oxygen atoms in total. The Balaban J connectivity index is 1.63. The Morgan fingerprint density at radius 2 is 1.78 bits per heavy atom. The molecule has 1 N–H and O–H groups in total. The third-order valence-corrected chi connectivity index (χ3v) is 4.47. The van der Waals surface area contributed by atoms with Crippen molar-refractivity contribution in [1.82, 2.24) is 10.2 Å². The highest BCUT2D eigenvalue weighted by Crippen LogP contribution is 2.34. The van der Waals surface area contributed by atoms with Crippen molar-refractivity contribution in [3.63, 3.8) is 0 Å². The summed E-state index contributed by atoms with van der Waals surface area (Å²) in [5.74, 6) is 0.0737. The Hall–Kier alpha value is -1.35. The standard InChI is InChI=1S/C15H20N2O/c1-17-13-7-8-14(17)10-12(9-13)16-15(18)11-5-3-2-4-6-11/h2-6,12-14H,7-10H2,1H3,(H,16,18)/t13-,14-/m1/s1. The molecule has 0 spiro atoms. The van der Waals surface area contributed by atoms with E-state index in [1.807, 2.05) is 30.3 Å². The van der Waals surface area contributed by atoms with Gasteiger partial charge in [-0.1, -0.05) is 18.2 Å². The molecule has 2 aliphatic heterocycles. The second-order valence-electron chi connectivity index (χ2n) is 5.56. The van der Waals surface area contributed by atoms with Crippen LogP contribution in [0.3, 0.4) is 0 Å². The fraction of sp³-hybridized carbons (Fsp3) is 0.533. The Labute approximate surface area is 108 Å². The maximum Gasteiger partial charge on any atom is 0.251 e. The summed E-state index contributed by atoms with van der Waals surface area (Å²) in [5.41, 5.74) is 0.767. The van der Waals surface area contributed by atoms with Gasteiger partial charge in [-0.25, -0.2) is 0 Å². The molecule has 1 aromatic rings. The van der Waals surface area contributed by atoms with E-state index in [1.165, 1.54) is 12.8 Å². The Morgan fingerprint density at radius 1 is 1.17 bits per heavy atom. The molecule has 2 saturated heterocycles. The van der Waals surface area contributed by atoms with Gasteiger partial charge in [0.1, 0.15) is 0 Å². The summed E-state index contributed by atoms with van der Waals surface area (Å²) in [4.78, 5) is 14.6. The van der Waals surface area contributed by atoms with Crippen LogP contribution >= 0.6 is 0 Å². The van der Waals surface area contributed by atoms with Crippen LogP contribution in [0.5, 0.6) is 0 Å². The highest BCUT2D eigenvalue weighted by atomic mass is 16.1. The number of nitrogens with zero attached hydrogens (tertiary/aromatic N) is 1. The van der Waals surface area contributed by atoms with Crippen molar-refractivity contribution in [2.24, 2.45) is 0 Å². The van der Waals surface area contributed by atoms with Crippen LogP contribution in [0.15, 0.2) is 30.3 Å². The van der Waals surface area contributed by atoms with Crippen molar-refractivity contribution < 1.29 is 4.79 Å². The number of fused-ring (bicyclic) bond motifs is 2. The largest absolute Gasteiger partial charge is 0.349 e. The van der Waals surface area contributed by atoms with Gasteiger partial charge in [0.25, 0.3) is 5.91 Å². The summed E-state index contributed by atoms with van der Waals surface area (Å²) in [6.45, 7) is 0. The van der Waals surface area contributed by atoms with Crippen molar-refractivity contribution in [3.05, 3.63) is 35.9 Å². The summed E-state index contributed by atoms with van der Waals surface area (Å²) in [6.07, 6.45) is 4.79. The molecule has 1 aromatic carbocycles. The van der Waals surface area contributed by atoms with E-state index in [9.17, 15) is 4.79 Å². The molecule has 0 radical (unpaired) electrons. The summed E-state index contributed by atoms with van der Waals surface area (Å²) >= 11 is 0. The van der Waals surface area contributed by atoms with Crippen LogP contribution in [0.4, 0.5) is 0 Å². The van der Waals surface area contributed by atoms with E-state index < -0.39 is 0 Å². The summed E-state index contributed by atoms with van der Waals surface area (Å²) in [6, 6.07) is 11.2. The van der Waals surface area contributed by atoms with Crippen molar-refractivity contribution in [1.29, 1.82) is 0 Å². The zero-order valence-corrected chi connectivity index (χ0v) is 10.8. The fourth-order valence-corrected chi connectivity index (χ4v) is 3.39. The predicted octanol–water partition coefficient (Wildman–Crippen LogP) is 2.04. The van der Waals surface area contributed by atoms with Crippen LogP contribution in [0.2, 0.25) is 0 Å². The van der Waals surface area contributed by atoms with Crippen LogP contribution in [0.25, 0.3) is 0 Å². The lowest BCUT2D eigenvalue weighted by Crippen LogP contribution is -2.48. The number of carbonyl (C=O) groups is 1. The first-order chi connectivity index (χ1) is 8.74. The van der Waals surface area contributed by atoms with Gasteiger partial charge in [-0.15, -0.1) is 0 Å². The van der Waals surface area contributed by atoms with Gasteiger partial charge in [-0.2, -0.15) is 0 Å². The Kier molecular flexibility index (Phi) is 3.08. The van der Waals surface area contributed by atoms with E-state index >= 15 is 0 Å². The van der Waals surface area contributed by atoms with Crippen LogP contribution in [0, 0.1) is 0 Å². The zero-order valence-electron chi connectivity index (χ0n) is 10.8. The maximum atomic E-state index is 12.1. The van der Waals surface area contributed by atoms with E-state index in [0.29, 0.717) is 18.1 Å². The Bertz CT molecular complexity index is 417. The zero-order chi connectivity index (χ0) is 12.5. The Morgan fingerprint density at radius 3 is 2.39 bits per heavy atom. The van der Waals surface area contributed by atoms with Crippen LogP contribution in [-0.4, -0.2) is 36.0 Å². The van der Waals surface area contributed by atoms with Crippen molar-refractivity contribution in [3.8, 4) is 0 Å². The number of carbonyl (C=O) groups excluding carboxylic acids is 1. The average Bonchev–Trinajstić information content (AvgIpc) is 2.63. The van der Waals surface area contributed by atoms with Crippen molar-refractivity contribution in [2.45, 2.75) is 43.8 Å². The van der Waals surface area contributed by atoms with Crippen LogP contribution < -0.4 is 5.32 Å². The number of hydrogen-bond donors (Lipinski definition) is 1. The van der Waals surface area contributed by atoms with Gasteiger partial charge in [0, 0.05) is 23.7 Å². The molecule has 96 valence electrons. The minimum absolute atomic E-state index is 0.0737. The molecule has 3 heteroatoms. The van der Waals surface area contributed by atoms with E-state index in [4.69, 9.17) is 0 Å². The van der Waals surface area contributed by atoms with Gasteiger partial charge in [-0.3, -0.25) is 4.79 Å². The monoisotopic (exact) mass is 244 g/mol. The van der Waals surface area contributed by atoms with Gasteiger partial charge in [0.15, 0.2) is 0 Å². The lowest BCUT2D eigenvalue weighted by molar-refractivity contribution is 0.0882. The van der Waals surface area contributed by atoms with E-state index in [0.717, 1.165) is 18.4 Å².